The zero-order chi connectivity index (χ0) is 23.6. The lowest BCUT2D eigenvalue weighted by atomic mass is 10.1. The Bertz CT molecular complexity index is 1140. The van der Waals surface area contributed by atoms with Crippen LogP contribution in [0.2, 0.25) is 0 Å². The third kappa shape index (κ3) is 5.31. The van der Waals surface area contributed by atoms with E-state index in [0.717, 1.165) is 19.3 Å². The number of aryl methyl sites for hydroxylation is 2. The van der Waals surface area contributed by atoms with Gasteiger partial charge < -0.3 is 9.47 Å². The molecule has 11 heteroatoms. The van der Waals surface area contributed by atoms with Gasteiger partial charge >= 0.3 is 0 Å². The molecule has 0 unspecified atom stereocenters. The van der Waals surface area contributed by atoms with Crippen molar-refractivity contribution < 1.29 is 27.5 Å². The van der Waals surface area contributed by atoms with E-state index in [1.54, 1.807) is 13.8 Å². The molecule has 0 saturated carbocycles. The number of hydrogen-bond donors (Lipinski definition) is 3. The number of hydrazine groups is 1. The van der Waals surface area contributed by atoms with Crippen molar-refractivity contribution in [2.45, 2.75) is 50.5 Å². The van der Waals surface area contributed by atoms with Gasteiger partial charge in [0, 0.05) is 17.4 Å². The van der Waals surface area contributed by atoms with Crippen LogP contribution in [-0.2, 0) is 27.7 Å². The second kappa shape index (κ2) is 9.70. The van der Waals surface area contributed by atoms with Gasteiger partial charge in [0.2, 0.25) is 10.0 Å². The quantitative estimate of drug-likeness (QED) is 0.530. The van der Waals surface area contributed by atoms with Gasteiger partial charge in [0.15, 0.2) is 11.5 Å². The highest BCUT2D eigenvalue weighted by Crippen LogP contribution is 2.32. The van der Waals surface area contributed by atoms with Crippen molar-refractivity contribution in [3.8, 4) is 11.5 Å². The monoisotopic (exact) mass is 493 g/mol. The Balaban J connectivity index is 1.42. The number of ether oxygens (including phenoxy) is 2. The van der Waals surface area contributed by atoms with E-state index >= 15 is 0 Å². The summed E-state index contributed by atoms with van der Waals surface area (Å²) >= 11 is 1.42. The molecule has 2 heterocycles. The lowest BCUT2D eigenvalue weighted by Gasteiger charge is -2.22. The largest absolute Gasteiger partial charge is 0.490 e. The Labute approximate surface area is 196 Å². The summed E-state index contributed by atoms with van der Waals surface area (Å²) in [6, 6.07) is 5.08. The minimum atomic E-state index is -4.04. The molecule has 178 valence electrons. The highest BCUT2D eigenvalue weighted by molar-refractivity contribution is 7.89. The number of rotatable bonds is 6. The molecule has 2 amide bonds. The minimum Gasteiger partial charge on any atom is -0.490 e. The van der Waals surface area contributed by atoms with Gasteiger partial charge in [-0.05, 0) is 48.9 Å². The predicted molar refractivity (Wildman–Crippen MR) is 123 cm³/mol. The van der Waals surface area contributed by atoms with E-state index in [0.29, 0.717) is 36.0 Å². The number of nitrogens with one attached hydrogen (secondary N) is 3. The topological polar surface area (TPSA) is 123 Å². The SMILES string of the molecule is CC(C)[C@H](NS(=O)(=O)c1ccc2c(c1)OCCCO2)C(=O)NNC(=O)c1cc2c(s1)CCC2. The van der Waals surface area contributed by atoms with Crippen LogP contribution in [-0.4, -0.2) is 39.5 Å². The van der Waals surface area contributed by atoms with Crippen LogP contribution in [0.1, 0.15) is 46.8 Å². The summed E-state index contributed by atoms with van der Waals surface area (Å²) in [5.41, 5.74) is 5.93. The van der Waals surface area contributed by atoms with Gasteiger partial charge in [-0.2, -0.15) is 4.72 Å². The molecular formula is C22H27N3O6S2. The van der Waals surface area contributed by atoms with Crippen molar-refractivity contribution >= 4 is 33.2 Å². The van der Waals surface area contributed by atoms with Crippen molar-refractivity contribution in [1.82, 2.24) is 15.6 Å². The third-order valence-electron chi connectivity index (χ3n) is 5.53. The maximum Gasteiger partial charge on any atom is 0.279 e. The van der Waals surface area contributed by atoms with Crippen LogP contribution >= 0.6 is 11.3 Å². The Hall–Kier alpha value is -2.63. The minimum absolute atomic E-state index is 0.0395. The van der Waals surface area contributed by atoms with E-state index in [-0.39, 0.29) is 10.8 Å². The Morgan fingerprint density at radius 1 is 1.00 bits per heavy atom. The fourth-order valence-electron chi connectivity index (χ4n) is 3.74. The van der Waals surface area contributed by atoms with Gasteiger partial charge in [0.1, 0.15) is 6.04 Å². The van der Waals surface area contributed by atoms with Crippen LogP contribution in [0.4, 0.5) is 0 Å². The molecule has 0 spiro atoms. The molecule has 9 nitrogen and oxygen atoms in total. The van der Waals surface area contributed by atoms with E-state index in [1.165, 1.54) is 40.0 Å². The molecule has 0 fully saturated rings. The van der Waals surface area contributed by atoms with Gasteiger partial charge in [0.05, 0.1) is 23.0 Å². The highest BCUT2D eigenvalue weighted by atomic mass is 32.2. The molecule has 4 rings (SSSR count). The van der Waals surface area contributed by atoms with Gasteiger partial charge in [-0.1, -0.05) is 13.8 Å². The molecule has 0 saturated heterocycles. The molecule has 1 aliphatic heterocycles. The number of sulfonamides is 1. The zero-order valence-electron chi connectivity index (χ0n) is 18.5. The second-order valence-electron chi connectivity index (χ2n) is 8.36. The Morgan fingerprint density at radius 2 is 1.76 bits per heavy atom. The average molecular weight is 494 g/mol. The molecule has 2 aromatic rings. The molecule has 1 aromatic carbocycles. The van der Waals surface area contributed by atoms with Crippen molar-refractivity contribution in [2.24, 2.45) is 5.92 Å². The molecule has 1 atom stereocenters. The first-order chi connectivity index (χ1) is 15.7. The summed E-state index contributed by atoms with van der Waals surface area (Å²) in [5, 5.41) is 0. The molecule has 3 N–H and O–H groups in total. The molecule has 0 radical (unpaired) electrons. The number of hydrogen-bond acceptors (Lipinski definition) is 7. The van der Waals surface area contributed by atoms with E-state index in [9.17, 15) is 18.0 Å². The maximum atomic E-state index is 13.0. The first kappa shape index (κ1) is 23.5. The Kier molecular flexibility index (Phi) is 6.91. The fraction of sp³-hybridized carbons (Fsp3) is 0.455. The van der Waals surface area contributed by atoms with Crippen LogP contribution in [0, 0.1) is 5.92 Å². The fourth-order valence-corrected chi connectivity index (χ4v) is 6.24. The average Bonchev–Trinajstić information content (AvgIpc) is 3.30. The molecule has 1 aromatic heterocycles. The standard InChI is InChI=1S/C22H27N3O6S2/c1-13(2)20(22(27)24-23-21(26)19-11-14-5-3-6-18(14)32-19)25-33(28,29)15-7-8-16-17(12-15)31-10-4-9-30-16/h7-8,11-13,20,25H,3-6,9-10H2,1-2H3,(H,23,26)(H,24,27)/t20-/m0/s1. The van der Waals surface area contributed by atoms with Crippen molar-refractivity contribution in [3.05, 3.63) is 39.6 Å². The number of benzene rings is 1. The lowest BCUT2D eigenvalue weighted by molar-refractivity contribution is -0.124. The van der Waals surface area contributed by atoms with Crippen LogP contribution in [0.5, 0.6) is 11.5 Å². The van der Waals surface area contributed by atoms with Gasteiger partial charge in [0.25, 0.3) is 11.8 Å². The molecule has 2 aliphatic rings. The van der Waals surface area contributed by atoms with Gasteiger partial charge in [-0.15, -0.1) is 11.3 Å². The highest BCUT2D eigenvalue weighted by Gasteiger charge is 2.30. The first-order valence-corrected chi connectivity index (χ1v) is 13.2. The summed E-state index contributed by atoms with van der Waals surface area (Å²) in [4.78, 5) is 26.9. The lowest BCUT2D eigenvalue weighted by Crippen LogP contribution is -2.54. The van der Waals surface area contributed by atoms with Gasteiger partial charge in [-0.25, -0.2) is 8.42 Å². The van der Waals surface area contributed by atoms with Crippen LogP contribution in [0.3, 0.4) is 0 Å². The summed E-state index contributed by atoms with van der Waals surface area (Å²) in [6.07, 6.45) is 3.73. The second-order valence-corrected chi connectivity index (χ2v) is 11.2. The number of amides is 2. The van der Waals surface area contributed by atoms with Crippen LogP contribution in [0.25, 0.3) is 0 Å². The molecule has 0 bridgehead atoms. The summed E-state index contributed by atoms with van der Waals surface area (Å²) in [6.45, 7) is 4.35. The number of fused-ring (bicyclic) bond motifs is 2. The van der Waals surface area contributed by atoms with Gasteiger partial charge in [-0.3, -0.25) is 20.4 Å². The summed E-state index contributed by atoms with van der Waals surface area (Å²) in [7, 11) is -4.04. The van der Waals surface area contributed by atoms with E-state index < -0.39 is 27.9 Å². The zero-order valence-corrected chi connectivity index (χ0v) is 20.1. The number of carbonyl (C=O) groups is 2. The van der Waals surface area contributed by atoms with Crippen molar-refractivity contribution in [3.63, 3.8) is 0 Å². The van der Waals surface area contributed by atoms with E-state index in [4.69, 9.17) is 9.47 Å². The van der Waals surface area contributed by atoms with Crippen molar-refractivity contribution in [2.75, 3.05) is 13.2 Å². The normalized spacial score (nSPS) is 16.1. The summed E-state index contributed by atoms with van der Waals surface area (Å²) in [5.74, 6) is -0.623. The molecule has 1 aliphatic carbocycles. The summed E-state index contributed by atoms with van der Waals surface area (Å²) < 4.78 is 39.5. The van der Waals surface area contributed by atoms with Crippen LogP contribution in [0.15, 0.2) is 29.2 Å². The molecular weight excluding hydrogens is 466 g/mol. The van der Waals surface area contributed by atoms with Crippen molar-refractivity contribution in [1.29, 1.82) is 0 Å². The number of thiophene rings is 1. The molecule has 33 heavy (non-hydrogen) atoms. The predicted octanol–water partition coefficient (Wildman–Crippen LogP) is 2.16. The van der Waals surface area contributed by atoms with E-state index in [2.05, 4.69) is 15.6 Å². The Morgan fingerprint density at radius 3 is 2.48 bits per heavy atom. The first-order valence-electron chi connectivity index (χ1n) is 10.9. The van der Waals surface area contributed by atoms with Crippen LogP contribution < -0.4 is 25.0 Å². The smallest absolute Gasteiger partial charge is 0.279 e. The maximum absolute atomic E-state index is 13.0. The van der Waals surface area contributed by atoms with E-state index in [1.807, 2.05) is 6.07 Å². The third-order valence-corrected chi connectivity index (χ3v) is 8.20. The number of carbonyl (C=O) groups excluding carboxylic acids is 2.